The summed E-state index contributed by atoms with van der Waals surface area (Å²) in [5.41, 5.74) is 12.5. The van der Waals surface area contributed by atoms with Gasteiger partial charge in [0.2, 0.25) is 0 Å². The molecule has 1 saturated carbocycles. The highest BCUT2D eigenvalue weighted by atomic mass is 35.5. The summed E-state index contributed by atoms with van der Waals surface area (Å²) in [6, 6.07) is 5.24. The lowest BCUT2D eigenvalue weighted by Crippen LogP contribution is -2.69. The number of hydrogen-bond donors (Lipinski definition) is 3. The smallest absolute Gasteiger partial charge is 0.252 e. The first-order valence-electron chi connectivity index (χ1n) is 6.81. The summed E-state index contributed by atoms with van der Waals surface area (Å²) in [7, 11) is 0. The summed E-state index contributed by atoms with van der Waals surface area (Å²) in [4.78, 5) is 11.5. The van der Waals surface area contributed by atoms with Crippen molar-refractivity contribution in [2.24, 2.45) is 17.4 Å². The van der Waals surface area contributed by atoms with Crippen LogP contribution in [0.25, 0.3) is 0 Å². The molecule has 5 N–H and O–H groups in total. The number of nitrogens with two attached hydrogens (primary N) is 2. The van der Waals surface area contributed by atoms with Crippen LogP contribution in [0.1, 0.15) is 23.2 Å². The third-order valence-electron chi connectivity index (χ3n) is 4.26. The summed E-state index contributed by atoms with van der Waals surface area (Å²) in [6.07, 6.45) is 2.27. The molecule has 20 heavy (non-hydrogen) atoms. The molecule has 5 nitrogen and oxygen atoms in total. The van der Waals surface area contributed by atoms with Crippen molar-refractivity contribution in [1.29, 1.82) is 0 Å². The SMILES string of the molecule is NC(=O)c1c(Cl)cccc1NC1C(N)C2CCCOC21. The van der Waals surface area contributed by atoms with Gasteiger partial charge >= 0.3 is 0 Å². The zero-order chi connectivity index (χ0) is 14.3. The molecule has 1 amide bonds. The Morgan fingerprint density at radius 2 is 2.25 bits per heavy atom. The quantitative estimate of drug-likeness (QED) is 0.785. The van der Waals surface area contributed by atoms with E-state index in [0.717, 1.165) is 19.4 Å². The molecule has 1 aromatic carbocycles. The number of primary amides is 1. The Labute approximate surface area is 122 Å². The maximum Gasteiger partial charge on any atom is 0.252 e. The van der Waals surface area contributed by atoms with Crippen molar-refractivity contribution >= 4 is 23.2 Å². The molecule has 4 atom stereocenters. The van der Waals surface area contributed by atoms with Gasteiger partial charge in [-0.15, -0.1) is 0 Å². The number of nitrogens with one attached hydrogen (secondary N) is 1. The second kappa shape index (κ2) is 5.24. The summed E-state index contributed by atoms with van der Waals surface area (Å²) >= 11 is 6.04. The van der Waals surface area contributed by atoms with E-state index in [-0.39, 0.29) is 18.2 Å². The van der Waals surface area contributed by atoms with Gasteiger partial charge in [-0.25, -0.2) is 0 Å². The second-order valence-electron chi connectivity index (χ2n) is 5.42. The summed E-state index contributed by atoms with van der Waals surface area (Å²) in [5.74, 6) is -0.149. The van der Waals surface area contributed by atoms with Crippen LogP contribution in [0.3, 0.4) is 0 Å². The molecule has 1 saturated heterocycles. The van der Waals surface area contributed by atoms with E-state index < -0.39 is 5.91 Å². The highest BCUT2D eigenvalue weighted by molar-refractivity contribution is 6.34. The lowest BCUT2D eigenvalue weighted by Gasteiger charge is -2.52. The number of carbonyl (C=O) groups is 1. The Hall–Kier alpha value is -1.30. The van der Waals surface area contributed by atoms with Crippen LogP contribution in [-0.4, -0.2) is 30.7 Å². The van der Waals surface area contributed by atoms with Crippen LogP contribution < -0.4 is 16.8 Å². The number of benzene rings is 1. The number of hydrogen-bond acceptors (Lipinski definition) is 4. The van der Waals surface area contributed by atoms with Gasteiger partial charge in [-0.3, -0.25) is 4.79 Å². The van der Waals surface area contributed by atoms with E-state index in [2.05, 4.69) is 5.32 Å². The standard InChI is InChI=1S/C14H18ClN3O2/c15-8-4-1-5-9(10(8)14(17)19)18-12-11(16)7-3-2-6-20-13(7)12/h1,4-5,7,11-13,18H,2-3,6,16H2,(H2,17,19). The van der Waals surface area contributed by atoms with Crippen LogP contribution >= 0.6 is 11.6 Å². The molecule has 1 aliphatic carbocycles. The topological polar surface area (TPSA) is 90.4 Å². The van der Waals surface area contributed by atoms with Crippen molar-refractivity contribution in [3.05, 3.63) is 28.8 Å². The fourth-order valence-corrected chi connectivity index (χ4v) is 3.47. The van der Waals surface area contributed by atoms with Gasteiger partial charge in [0.15, 0.2) is 0 Å². The van der Waals surface area contributed by atoms with Gasteiger partial charge in [-0.05, 0) is 25.0 Å². The molecule has 0 aromatic heterocycles. The largest absolute Gasteiger partial charge is 0.377 e. The van der Waals surface area contributed by atoms with Gasteiger partial charge in [0.05, 0.1) is 22.7 Å². The lowest BCUT2D eigenvalue weighted by molar-refractivity contribution is -0.104. The van der Waals surface area contributed by atoms with Gasteiger partial charge in [-0.2, -0.15) is 0 Å². The van der Waals surface area contributed by atoms with E-state index >= 15 is 0 Å². The number of carbonyl (C=O) groups excluding carboxylic acids is 1. The van der Waals surface area contributed by atoms with E-state index in [4.69, 9.17) is 27.8 Å². The maximum atomic E-state index is 11.5. The average molecular weight is 296 g/mol. The molecular weight excluding hydrogens is 278 g/mol. The number of rotatable bonds is 3. The molecule has 1 aromatic rings. The van der Waals surface area contributed by atoms with Crippen LogP contribution in [0.5, 0.6) is 0 Å². The first kappa shape index (κ1) is 13.7. The first-order chi connectivity index (χ1) is 9.59. The average Bonchev–Trinajstić information content (AvgIpc) is 2.44. The van der Waals surface area contributed by atoms with E-state index in [1.54, 1.807) is 18.2 Å². The zero-order valence-electron chi connectivity index (χ0n) is 11.0. The molecule has 4 unspecified atom stereocenters. The monoisotopic (exact) mass is 295 g/mol. The third-order valence-corrected chi connectivity index (χ3v) is 4.57. The number of halogens is 1. The Kier molecular flexibility index (Phi) is 3.58. The number of amides is 1. The van der Waals surface area contributed by atoms with Crippen molar-refractivity contribution in [3.8, 4) is 0 Å². The Morgan fingerprint density at radius 3 is 3.00 bits per heavy atom. The maximum absolute atomic E-state index is 11.5. The fourth-order valence-electron chi connectivity index (χ4n) is 3.20. The molecule has 3 rings (SSSR count). The van der Waals surface area contributed by atoms with Crippen molar-refractivity contribution in [2.75, 3.05) is 11.9 Å². The summed E-state index contributed by atoms with van der Waals surface area (Å²) < 4.78 is 5.77. The molecule has 6 heteroatoms. The van der Waals surface area contributed by atoms with Crippen LogP contribution in [0.4, 0.5) is 5.69 Å². The Bertz CT molecular complexity index is 537. The minimum absolute atomic E-state index is 0.00290. The van der Waals surface area contributed by atoms with Crippen molar-refractivity contribution in [1.82, 2.24) is 0 Å². The minimum atomic E-state index is -0.549. The number of ether oxygens (including phenoxy) is 1. The molecule has 2 fully saturated rings. The van der Waals surface area contributed by atoms with Crippen LogP contribution in [0.2, 0.25) is 5.02 Å². The van der Waals surface area contributed by atoms with E-state index in [1.807, 2.05) is 0 Å². The fraction of sp³-hybridized carbons (Fsp3) is 0.500. The van der Waals surface area contributed by atoms with Crippen molar-refractivity contribution in [2.45, 2.75) is 31.0 Å². The molecule has 0 radical (unpaired) electrons. The molecular formula is C14H18ClN3O2. The van der Waals surface area contributed by atoms with Crippen molar-refractivity contribution in [3.63, 3.8) is 0 Å². The van der Waals surface area contributed by atoms with Gasteiger partial charge < -0.3 is 21.5 Å². The third kappa shape index (κ3) is 2.16. The van der Waals surface area contributed by atoms with Crippen LogP contribution in [-0.2, 0) is 4.74 Å². The van der Waals surface area contributed by atoms with Gasteiger partial charge in [-0.1, -0.05) is 17.7 Å². The minimum Gasteiger partial charge on any atom is -0.377 e. The van der Waals surface area contributed by atoms with Crippen molar-refractivity contribution < 1.29 is 9.53 Å². The van der Waals surface area contributed by atoms with Gasteiger partial charge in [0, 0.05) is 24.3 Å². The first-order valence-corrected chi connectivity index (χ1v) is 7.19. The molecule has 1 heterocycles. The molecule has 1 aliphatic heterocycles. The normalized spacial score (nSPS) is 32.1. The second-order valence-corrected chi connectivity index (χ2v) is 5.82. The van der Waals surface area contributed by atoms with E-state index in [0.29, 0.717) is 22.2 Å². The van der Waals surface area contributed by atoms with Crippen LogP contribution in [0.15, 0.2) is 18.2 Å². The predicted octanol–water partition coefficient (Wildman–Crippen LogP) is 1.36. The highest BCUT2D eigenvalue weighted by Crippen LogP contribution is 2.39. The number of fused-ring (bicyclic) bond motifs is 1. The molecule has 108 valence electrons. The summed E-state index contributed by atoms with van der Waals surface area (Å²) in [6.45, 7) is 0.768. The zero-order valence-corrected chi connectivity index (χ0v) is 11.8. The Balaban J connectivity index is 1.82. The number of anilines is 1. The lowest BCUT2D eigenvalue weighted by atomic mass is 9.68. The van der Waals surface area contributed by atoms with Gasteiger partial charge in [0.25, 0.3) is 5.91 Å². The van der Waals surface area contributed by atoms with E-state index in [9.17, 15) is 4.79 Å². The molecule has 0 bridgehead atoms. The Morgan fingerprint density at radius 1 is 1.45 bits per heavy atom. The highest BCUT2D eigenvalue weighted by Gasteiger charge is 2.50. The summed E-state index contributed by atoms with van der Waals surface area (Å²) in [5, 5.41) is 3.63. The predicted molar refractivity (Wildman–Crippen MR) is 77.8 cm³/mol. The molecule has 0 spiro atoms. The van der Waals surface area contributed by atoms with E-state index in [1.165, 1.54) is 0 Å². The van der Waals surface area contributed by atoms with Crippen LogP contribution in [0, 0.1) is 5.92 Å². The molecule has 2 aliphatic rings. The van der Waals surface area contributed by atoms with Gasteiger partial charge in [0.1, 0.15) is 0 Å².